The molecule has 2 rings (SSSR count). The summed E-state index contributed by atoms with van der Waals surface area (Å²) >= 11 is 0. The van der Waals surface area contributed by atoms with Gasteiger partial charge in [-0.25, -0.2) is 0 Å². The number of aliphatic hydroxyl groups excluding tert-OH is 1. The molecular formula is C14H20O2. The van der Waals surface area contributed by atoms with E-state index in [1.54, 1.807) is 0 Å². The van der Waals surface area contributed by atoms with E-state index in [0.717, 1.165) is 36.8 Å². The van der Waals surface area contributed by atoms with Gasteiger partial charge < -0.3 is 5.11 Å². The van der Waals surface area contributed by atoms with Crippen LogP contribution in [0.15, 0.2) is 23.0 Å². The van der Waals surface area contributed by atoms with Crippen molar-refractivity contribution in [1.29, 1.82) is 0 Å². The fraction of sp³-hybridized carbons (Fsp3) is 0.643. The summed E-state index contributed by atoms with van der Waals surface area (Å²) in [7, 11) is 0. The third-order valence-electron chi connectivity index (χ3n) is 3.35. The second-order valence-electron chi connectivity index (χ2n) is 5.97. The number of hydrogen-bond donors (Lipinski definition) is 1. The SMILES string of the molecule is CC(C)(C)/C=C1\C(=O)C(O)=C2CCCCC21. The van der Waals surface area contributed by atoms with Gasteiger partial charge in [-0.05, 0) is 30.3 Å². The predicted octanol–water partition coefficient (Wildman–Crippen LogP) is 3.54. The molecular weight excluding hydrogens is 200 g/mol. The van der Waals surface area contributed by atoms with Crippen molar-refractivity contribution in [2.75, 3.05) is 0 Å². The molecule has 1 fully saturated rings. The third kappa shape index (κ3) is 1.93. The number of aliphatic hydroxyl groups is 1. The van der Waals surface area contributed by atoms with Gasteiger partial charge in [0.2, 0.25) is 5.78 Å². The molecule has 0 heterocycles. The Balaban J connectivity index is 2.38. The molecule has 2 aliphatic carbocycles. The zero-order valence-corrected chi connectivity index (χ0v) is 10.3. The van der Waals surface area contributed by atoms with Crippen LogP contribution in [0, 0.1) is 11.3 Å². The Morgan fingerprint density at radius 2 is 2.00 bits per heavy atom. The number of Topliss-reactive ketones (excluding diaryl/α,β-unsaturated/α-hetero) is 1. The lowest BCUT2D eigenvalue weighted by Crippen LogP contribution is -2.13. The van der Waals surface area contributed by atoms with Gasteiger partial charge in [0.1, 0.15) is 0 Å². The normalized spacial score (nSPS) is 28.8. The summed E-state index contributed by atoms with van der Waals surface area (Å²) in [5.41, 5.74) is 1.82. The van der Waals surface area contributed by atoms with E-state index in [4.69, 9.17) is 0 Å². The van der Waals surface area contributed by atoms with Crippen LogP contribution in [0.5, 0.6) is 0 Å². The molecule has 0 radical (unpaired) electrons. The minimum atomic E-state index is -0.128. The van der Waals surface area contributed by atoms with Crippen molar-refractivity contribution < 1.29 is 9.90 Å². The largest absolute Gasteiger partial charge is 0.504 e. The second-order valence-corrected chi connectivity index (χ2v) is 5.97. The molecule has 0 amide bonds. The summed E-state index contributed by atoms with van der Waals surface area (Å²) in [5, 5.41) is 9.85. The molecule has 0 saturated heterocycles. The molecule has 1 atom stereocenters. The zero-order chi connectivity index (χ0) is 11.9. The molecule has 1 unspecified atom stereocenters. The molecule has 88 valence electrons. The molecule has 2 nitrogen and oxygen atoms in total. The molecule has 2 aliphatic rings. The van der Waals surface area contributed by atoms with E-state index in [1.165, 1.54) is 0 Å². The highest BCUT2D eigenvalue weighted by Gasteiger charge is 2.38. The topological polar surface area (TPSA) is 37.3 Å². The van der Waals surface area contributed by atoms with Crippen molar-refractivity contribution in [3.8, 4) is 0 Å². The summed E-state index contributed by atoms with van der Waals surface area (Å²) in [6.07, 6.45) is 6.22. The van der Waals surface area contributed by atoms with Crippen molar-refractivity contribution in [3.63, 3.8) is 0 Å². The van der Waals surface area contributed by atoms with E-state index in [-0.39, 0.29) is 22.9 Å². The quantitative estimate of drug-likeness (QED) is 0.634. The maximum absolute atomic E-state index is 12.0. The van der Waals surface area contributed by atoms with E-state index < -0.39 is 0 Å². The number of fused-ring (bicyclic) bond motifs is 1. The first-order valence-corrected chi connectivity index (χ1v) is 6.09. The van der Waals surface area contributed by atoms with Crippen LogP contribution in [0.1, 0.15) is 46.5 Å². The zero-order valence-electron chi connectivity index (χ0n) is 10.3. The van der Waals surface area contributed by atoms with E-state index in [9.17, 15) is 9.90 Å². The monoisotopic (exact) mass is 220 g/mol. The van der Waals surface area contributed by atoms with Crippen molar-refractivity contribution >= 4 is 5.78 Å². The Bertz CT molecular complexity index is 380. The van der Waals surface area contributed by atoms with Gasteiger partial charge in [0.15, 0.2) is 5.76 Å². The molecule has 0 aromatic rings. The van der Waals surface area contributed by atoms with Gasteiger partial charge >= 0.3 is 0 Å². The Hall–Kier alpha value is -1.05. The number of carbonyl (C=O) groups excluding carboxylic acids is 1. The summed E-state index contributed by atoms with van der Waals surface area (Å²) in [5.74, 6) is 0.123. The average Bonchev–Trinajstić information content (AvgIpc) is 2.43. The van der Waals surface area contributed by atoms with Gasteiger partial charge in [0.25, 0.3) is 0 Å². The first kappa shape index (κ1) is 11.4. The van der Waals surface area contributed by atoms with Crippen LogP contribution < -0.4 is 0 Å². The fourth-order valence-electron chi connectivity index (χ4n) is 2.71. The minimum absolute atomic E-state index is 0.00182. The number of carbonyl (C=O) groups is 1. The van der Waals surface area contributed by atoms with Gasteiger partial charge in [0, 0.05) is 11.5 Å². The Labute approximate surface area is 97.0 Å². The van der Waals surface area contributed by atoms with Crippen molar-refractivity contribution in [1.82, 2.24) is 0 Å². The Kier molecular flexibility index (Phi) is 2.69. The van der Waals surface area contributed by atoms with Gasteiger partial charge in [-0.3, -0.25) is 4.79 Å². The van der Waals surface area contributed by atoms with Crippen LogP contribution in [-0.2, 0) is 4.79 Å². The van der Waals surface area contributed by atoms with E-state index >= 15 is 0 Å². The van der Waals surface area contributed by atoms with E-state index in [1.807, 2.05) is 6.08 Å². The number of ketones is 1. The highest BCUT2D eigenvalue weighted by molar-refractivity contribution is 6.10. The smallest absolute Gasteiger partial charge is 0.223 e. The van der Waals surface area contributed by atoms with E-state index in [0.29, 0.717) is 0 Å². The fourth-order valence-corrected chi connectivity index (χ4v) is 2.71. The molecule has 0 bridgehead atoms. The average molecular weight is 220 g/mol. The van der Waals surface area contributed by atoms with Gasteiger partial charge in [-0.1, -0.05) is 33.3 Å². The summed E-state index contributed by atoms with van der Waals surface area (Å²) < 4.78 is 0. The van der Waals surface area contributed by atoms with Crippen LogP contribution in [0.3, 0.4) is 0 Å². The van der Waals surface area contributed by atoms with Crippen LogP contribution in [0.4, 0.5) is 0 Å². The molecule has 0 aliphatic heterocycles. The predicted molar refractivity (Wildman–Crippen MR) is 64.2 cm³/mol. The maximum Gasteiger partial charge on any atom is 0.223 e. The molecule has 0 aromatic heterocycles. The van der Waals surface area contributed by atoms with Crippen LogP contribution in [0.25, 0.3) is 0 Å². The Morgan fingerprint density at radius 3 is 2.62 bits per heavy atom. The number of allylic oxidation sites excluding steroid dienone is 3. The lowest BCUT2D eigenvalue weighted by molar-refractivity contribution is -0.114. The van der Waals surface area contributed by atoms with Gasteiger partial charge in [-0.15, -0.1) is 0 Å². The van der Waals surface area contributed by atoms with Crippen molar-refractivity contribution in [3.05, 3.63) is 23.0 Å². The van der Waals surface area contributed by atoms with Crippen molar-refractivity contribution in [2.45, 2.75) is 46.5 Å². The number of hydrogen-bond acceptors (Lipinski definition) is 2. The Morgan fingerprint density at radius 1 is 1.31 bits per heavy atom. The summed E-state index contributed by atoms with van der Waals surface area (Å²) in [4.78, 5) is 12.0. The lowest BCUT2D eigenvalue weighted by atomic mass is 9.81. The highest BCUT2D eigenvalue weighted by atomic mass is 16.3. The number of rotatable bonds is 0. The first-order valence-electron chi connectivity index (χ1n) is 6.09. The van der Waals surface area contributed by atoms with E-state index in [2.05, 4.69) is 20.8 Å². The first-order chi connectivity index (χ1) is 7.40. The lowest BCUT2D eigenvalue weighted by Gasteiger charge is -2.23. The highest BCUT2D eigenvalue weighted by Crippen LogP contribution is 2.43. The van der Waals surface area contributed by atoms with Gasteiger partial charge in [-0.2, -0.15) is 0 Å². The van der Waals surface area contributed by atoms with Crippen LogP contribution in [-0.4, -0.2) is 10.9 Å². The maximum atomic E-state index is 12.0. The minimum Gasteiger partial charge on any atom is -0.504 e. The summed E-state index contributed by atoms with van der Waals surface area (Å²) in [6.45, 7) is 6.27. The van der Waals surface area contributed by atoms with Crippen molar-refractivity contribution in [2.24, 2.45) is 11.3 Å². The molecule has 0 aromatic carbocycles. The molecule has 1 saturated carbocycles. The van der Waals surface area contributed by atoms with Crippen LogP contribution in [0.2, 0.25) is 0 Å². The second kappa shape index (κ2) is 3.76. The standard InChI is InChI=1S/C14H20O2/c1-14(2,3)8-11-9-6-4-5-7-10(9)12(15)13(11)16/h8-9,15H,4-7H2,1-3H3/b11-8-. The summed E-state index contributed by atoms with van der Waals surface area (Å²) in [6, 6.07) is 0. The molecule has 0 spiro atoms. The van der Waals surface area contributed by atoms with Gasteiger partial charge in [0.05, 0.1) is 0 Å². The molecule has 16 heavy (non-hydrogen) atoms. The van der Waals surface area contributed by atoms with Crippen LogP contribution >= 0.6 is 0 Å². The third-order valence-corrected chi connectivity index (χ3v) is 3.35. The molecule has 2 heteroatoms. The molecule has 1 N–H and O–H groups in total.